The Morgan fingerprint density at radius 3 is 2.58 bits per heavy atom. The van der Waals surface area contributed by atoms with Crippen LogP contribution in [-0.4, -0.2) is 28.0 Å². The normalized spacial score (nSPS) is 10.0. The molecule has 0 atom stereocenters. The number of nitrogen functional groups attached to an aromatic ring is 1. The summed E-state index contributed by atoms with van der Waals surface area (Å²) in [6, 6.07) is 5.53. The van der Waals surface area contributed by atoms with E-state index in [9.17, 15) is 9.18 Å². The fourth-order valence-corrected chi connectivity index (χ4v) is 1.29. The Hall–Kier alpha value is -2.77. The van der Waals surface area contributed by atoms with Gasteiger partial charge in [-0.2, -0.15) is 15.0 Å². The molecule has 3 N–H and O–H groups in total. The minimum absolute atomic E-state index is 0.0690. The number of carbonyl (C=O) groups excluding carboxylic acids is 1. The maximum atomic E-state index is 12.8. The molecule has 0 amide bonds. The summed E-state index contributed by atoms with van der Waals surface area (Å²) in [6.45, 7) is 0. The molecule has 0 spiro atoms. The van der Waals surface area contributed by atoms with Crippen LogP contribution < -0.4 is 11.1 Å². The Kier molecular flexibility index (Phi) is 3.51. The van der Waals surface area contributed by atoms with Crippen molar-refractivity contribution in [3.8, 4) is 0 Å². The zero-order valence-electron chi connectivity index (χ0n) is 9.92. The van der Waals surface area contributed by atoms with Gasteiger partial charge in [0.2, 0.25) is 17.7 Å². The summed E-state index contributed by atoms with van der Waals surface area (Å²) in [5.74, 6) is -1.36. The first-order valence-corrected chi connectivity index (χ1v) is 5.21. The van der Waals surface area contributed by atoms with Crippen LogP contribution in [0.1, 0.15) is 10.6 Å². The van der Waals surface area contributed by atoms with E-state index in [-0.39, 0.29) is 23.5 Å². The van der Waals surface area contributed by atoms with Crippen molar-refractivity contribution in [1.29, 1.82) is 0 Å². The smallest absolute Gasteiger partial charge is 0.376 e. The number of hydrogen-bond acceptors (Lipinski definition) is 7. The van der Waals surface area contributed by atoms with Gasteiger partial charge in [0.05, 0.1) is 7.11 Å². The van der Waals surface area contributed by atoms with E-state index in [1.807, 2.05) is 0 Å². The lowest BCUT2D eigenvalue weighted by Gasteiger charge is -2.06. The van der Waals surface area contributed by atoms with Crippen LogP contribution in [0.5, 0.6) is 0 Å². The highest BCUT2D eigenvalue weighted by atomic mass is 19.1. The molecule has 8 heteroatoms. The Bertz CT molecular complexity index is 603. The SMILES string of the molecule is COC(=O)c1nc(N)nc(Nc2ccc(F)cc2)n1. The molecule has 0 aliphatic rings. The van der Waals surface area contributed by atoms with E-state index in [1.165, 1.54) is 31.4 Å². The predicted molar refractivity (Wildman–Crippen MR) is 65.3 cm³/mol. The number of esters is 1. The minimum atomic E-state index is -0.726. The van der Waals surface area contributed by atoms with E-state index in [0.717, 1.165) is 0 Å². The first-order valence-electron chi connectivity index (χ1n) is 5.21. The highest BCUT2D eigenvalue weighted by Crippen LogP contribution is 2.14. The van der Waals surface area contributed by atoms with E-state index < -0.39 is 5.97 Å². The van der Waals surface area contributed by atoms with Crippen LogP contribution in [0, 0.1) is 5.82 Å². The summed E-state index contributed by atoms with van der Waals surface area (Å²) in [5.41, 5.74) is 6.00. The van der Waals surface area contributed by atoms with Crippen LogP contribution in [0.25, 0.3) is 0 Å². The van der Waals surface area contributed by atoms with Gasteiger partial charge in [0.15, 0.2) is 0 Å². The van der Waals surface area contributed by atoms with Crippen LogP contribution in [0.3, 0.4) is 0 Å². The lowest BCUT2D eigenvalue weighted by molar-refractivity contribution is 0.0586. The van der Waals surface area contributed by atoms with Gasteiger partial charge in [-0.15, -0.1) is 0 Å². The van der Waals surface area contributed by atoms with E-state index in [1.54, 1.807) is 0 Å². The van der Waals surface area contributed by atoms with E-state index in [0.29, 0.717) is 5.69 Å². The summed E-state index contributed by atoms with van der Waals surface area (Å²) in [4.78, 5) is 22.6. The second kappa shape index (κ2) is 5.25. The van der Waals surface area contributed by atoms with Crippen molar-refractivity contribution >= 4 is 23.6 Å². The summed E-state index contributed by atoms with van der Waals surface area (Å²) in [6.07, 6.45) is 0. The lowest BCUT2D eigenvalue weighted by atomic mass is 10.3. The third kappa shape index (κ3) is 3.12. The zero-order valence-corrected chi connectivity index (χ0v) is 9.92. The number of nitrogens with zero attached hydrogens (tertiary/aromatic N) is 3. The monoisotopic (exact) mass is 263 g/mol. The molecule has 0 radical (unpaired) electrons. The predicted octanol–water partition coefficient (Wildman–Crippen LogP) is 1.12. The molecule has 7 nitrogen and oxygen atoms in total. The number of methoxy groups -OCH3 is 1. The largest absolute Gasteiger partial charge is 0.463 e. The molecule has 1 heterocycles. The standard InChI is InChI=1S/C11H10FN5O2/c1-19-9(18)8-15-10(13)17-11(16-8)14-7-4-2-6(12)3-5-7/h2-5H,1H3,(H3,13,14,15,16,17). The number of hydrogen-bond donors (Lipinski definition) is 2. The minimum Gasteiger partial charge on any atom is -0.463 e. The van der Waals surface area contributed by atoms with Crippen molar-refractivity contribution < 1.29 is 13.9 Å². The van der Waals surface area contributed by atoms with Gasteiger partial charge in [0, 0.05) is 5.69 Å². The second-order valence-corrected chi connectivity index (χ2v) is 3.46. The average molecular weight is 263 g/mol. The fraction of sp³-hybridized carbons (Fsp3) is 0.0909. The highest BCUT2D eigenvalue weighted by molar-refractivity contribution is 5.85. The Balaban J connectivity index is 2.27. The molecule has 98 valence electrons. The van der Waals surface area contributed by atoms with Crippen molar-refractivity contribution in [2.75, 3.05) is 18.2 Å². The number of benzene rings is 1. The number of nitrogens with one attached hydrogen (secondary N) is 1. The van der Waals surface area contributed by atoms with Crippen molar-refractivity contribution in [3.05, 3.63) is 35.9 Å². The maximum Gasteiger partial charge on any atom is 0.376 e. The molecule has 0 bridgehead atoms. The number of aromatic nitrogens is 3. The van der Waals surface area contributed by atoms with E-state index >= 15 is 0 Å². The number of rotatable bonds is 3. The first kappa shape index (κ1) is 12.7. The van der Waals surface area contributed by atoms with Gasteiger partial charge in [-0.05, 0) is 24.3 Å². The molecule has 0 fully saturated rings. The van der Waals surface area contributed by atoms with Crippen LogP contribution >= 0.6 is 0 Å². The molecule has 0 saturated carbocycles. The van der Waals surface area contributed by atoms with Gasteiger partial charge in [-0.25, -0.2) is 9.18 Å². The van der Waals surface area contributed by atoms with Crippen LogP contribution in [0.15, 0.2) is 24.3 Å². The van der Waals surface area contributed by atoms with Gasteiger partial charge in [0.25, 0.3) is 0 Å². The second-order valence-electron chi connectivity index (χ2n) is 3.46. The van der Waals surface area contributed by atoms with Gasteiger partial charge in [-0.3, -0.25) is 0 Å². The van der Waals surface area contributed by atoms with Crippen molar-refractivity contribution in [3.63, 3.8) is 0 Å². The number of ether oxygens (including phenoxy) is 1. The topological polar surface area (TPSA) is 103 Å². The molecule has 1 aromatic heterocycles. The maximum absolute atomic E-state index is 12.8. The van der Waals surface area contributed by atoms with E-state index in [4.69, 9.17) is 5.73 Å². The fourth-order valence-electron chi connectivity index (χ4n) is 1.29. The van der Waals surface area contributed by atoms with Crippen molar-refractivity contribution in [2.24, 2.45) is 0 Å². The third-order valence-corrected chi connectivity index (χ3v) is 2.12. The lowest BCUT2D eigenvalue weighted by Crippen LogP contribution is -2.12. The molecule has 0 unspecified atom stereocenters. The van der Waals surface area contributed by atoms with Crippen molar-refractivity contribution in [1.82, 2.24) is 15.0 Å². The Labute approximate surface area is 107 Å². The summed E-state index contributed by atoms with van der Waals surface area (Å²) in [7, 11) is 1.20. The number of carbonyl (C=O) groups is 1. The van der Waals surface area contributed by atoms with Crippen LogP contribution in [0.4, 0.5) is 22.0 Å². The summed E-state index contributed by atoms with van der Waals surface area (Å²) in [5, 5.41) is 2.77. The van der Waals surface area contributed by atoms with Gasteiger partial charge < -0.3 is 15.8 Å². The number of nitrogens with two attached hydrogens (primary N) is 1. The quantitative estimate of drug-likeness (QED) is 0.800. The molecular weight excluding hydrogens is 253 g/mol. The number of anilines is 3. The van der Waals surface area contributed by atoms with Crippen LogP contribution in [-0.2, 0) is 4.74 Å². The summed E-state index contributed by atoms with van der Waals surface area (Å²) >= 11 is 0. The molecule has 19 heavy (non-hydrogen) atoms. The average Bonchev–Trinajstić information content (AvgIpc) is 2.40. The Morgan fingerprint density at radius 1 is 1.26 bits per heavy atom. The van der Waals surface area contributed by atoms with Gasteiger partial charge in [-0.1, -0.05) is 0 Å². The highest BCUT2D eigenvalue weighted by Gasteiger charge is 2.12. The van der Waals surface area contributed by atoms with Gasteiger partial charge in [0.1, 0.15) is 5.82 Å². The summed E-state index contributed by atoms with van der Waals surface area (Å²) < 4.78 is 17.2. The zero-order chi connectivity index (χ0) is 13.8. The number of halogens is 1. The first-order chi connectivity index (χ1) is 9.08. The molecule has 1 aromatic carbocycles. The molecule has 0 saturated heterocycles. The molecular formula is C11H10FN5O2. The molecule has 0 aliphatic carbocycles. The Morgan fingerprint density at radius 2 is 1.95 bits per heavy atom. The van der Waals surface area contributed by atoms with Crippen LogP contribution in [0.2, 0.25) is 0 Å². The van der Waals surface area contributed by atoms with E-state index in [2.05, 4.69) is 25.0 Å². The van der Waals surface area contributed by atoms with Crippen molar-refractivity contribution in [2.45, 2.75) is 0 Å². The molecule has 0 aliphatic heterocycles. The molecule has 2 aromatic rings. The third-order valence-electron chi connectivity index (χ3n) is 2.12. The van der Waals surface area contributed by atoms with Gasteiger partial charge >= 0.3 is 5.97 Å². The molecule has 2 rings (SSSR count).